The Morgan fingerprint density at radius 1 is 1.04 bits per heavy atom. The molecule has 0 saturated carbocycles. The van der Waals surface area contributed by atoms with Crippen molar-refractivity contribution >= 4 is 10.9 Å². The molecule has 2 nitrogen and oxygen atoms in total. The number of nitrogens with zero attached hydrogens (tertiary/aromatic N) is 1. The molecule has 120 valence electrons. The first kappa shape index (κ1) is 15.8. The molecule has 1 unspecified atom stereocenters. The van der Waals surface area contributed by atoms with E-state index in [1.165, 1.54) is 27.6 Å². The predicted molar refractivity (Wildman–Crippen MR) is 97.0 cm³/mol. The number of aryl methyl sites for hydroxylation is 1. The lowest BCUT2D eigenvalue weighted by Crippen LogP contribution is -2.04. The number of fused-ring (bicyclic) bond motifs is 1. The lowest BCUT2D eigenvalue weighted by atomic mass is 9.93. The lowest BCUT2D eigenvalue weighted by Gasteiger charge is -2.16. The van der Waals surface area contributed by atoms with Crippen molar-refractivity contribution in [1.29, 1.82) is 0 Å². The van der Waals surface area contributed by atoms with Crippen LogP contribution in [-0.2, 0) is 13.0 Å². The SMILES string of the molecule is CCc1ccc(C(C)CCO)c2c1ccn2Cc1ccccc1. The fourth-order valence-corrected chi connectivity index (χ4v) is 3.38. The van der Waals surface area contributed by atoms with E-state index >= 15 is 0 Å². The van der Waals surface area contributed by atoms with Crippen molar-refractivity contribution < 1.29 is 5.11 Å². The normalized spacial score (nSPS) is 12.7. The molecule has 0 bridgehead atoms. The number of benzene rings is 2. The molecule has 0 aliphatic heterocycles. The molecule has 0 aliphatic carbocycles. The van der Waals surface area contributed by atoms with Gasteiger partial charge >= 0.3 is 0 Å². The van der Waals surface area contributed by atoms with Gasteiger partial charge in [-0.15, -0.1) is 0 Å². The topological polar surface area (TPSA) is 25.2 Å². The average molecular weight is 307 g/mol. The van der Waals surface area contributed by atoms with Crippen molar-refractivity contribution in [3.63, 3.8) is 0 Å². The van der Waals surface area contributed by atoms with Gasteiger partial charge < -0.3 is 9.67 Å². The molecule has 0 saturated heterocycles. The van der Waals surface area contributed by atoms with Crippen LogP contribution in [0.5, 0.6) is 0 Å². The van der Waals surface area contributed by atoms with Gasteiger partial charge in [0, 0.05) is 24.7 Å². The van der Waals surface area contributed by atoms with E-state index in [1.54, 1.807) is 0 Å². The largest absolute Gasteiger partial charge is 0.396 e. The van der Waals surface area contributed by atoms with Gasteiger partial charge in [-0.3, -0.25) is 0 Å². The fraction of sp³-hybridized carbons (Fsp3) is 0.333. The molecular weight excluding hydrogens is 282 g/mol. The summed E-state index contributed by atoms with van der Waals surface area (Å²) < 4.78 is 2.35. The molecule has 2 aromatic carbocycles. The molecule has 3 rings (SSSR count). The van der Waals surface area contributed by atoms with E-state index in [0.717, 1.165) is 19.4 Å². The first-order valence-corrected chi connectivity index (χ1v) is 8.50. The molecule has 1 atom stereocenters. The van der Waals surface area contributed by atoms with Crippen molar-refractivity contribution in [2.45, 2.75) is 39.2 Å². The highest BCUT2D eigenvalue weighted by atomic mass is 16.3. The summed E-state index contributed by atoms with van der Waals surface area (Å²) in [6, 6.07) is 17.3. The number of rotatable bonds is 6. The second-order valence-corrected chi connectivity index (χ2v) is 6.27. The van der Waals surface area contributed by atoms with Crippen LogP contribution in [-0.4, -0.2) is 16.3 Å². The van der Waals surface area contributed by atoms with E-state index in [2.05, 4.69) is 73.1 Å². The monoisotopic (exact) mass is 307 g/mol. The van der Waals surface area contributed by atoms with E-state index in [0.29, 0.717) is 5.92 Å². The van der Waals surface area contributed by atoms with Gasteiger partial charge in [0.2, 0.25) is 0 Å². The van der Waals surface area contributed by atoms with Crippen molar-refractivity contribution in [3.8, 4) is 0 Å². The molecule has 1 N–H and O–H groups in total. The quantitative estimate of drug-likeness (QED) is 0.699. The minimum atomic E-state index is 0.234. The summed E-state index contributed by atoms with van der Waals surface area (Å²) in [5.41, 5.74) is 5.38. The number of hydrogen-bond acceptors (Lipinski definition) is 1. The van der Waals surface area contributed by atoms with Gasteiger partial charge in [0.25, 0.3) is 0 Å². The summed E-state index contributed by atoms with van der Waals surface area (Å²) in [4.78, 5) is 0. The van der Waals surface area contributed by atoms with Crippen molar-refractivity contribution in [3.05, 3.63) is 71.4 Å². The standard InChI is InChI=1S/C21H25NO/c1-3-18-9-10-19(16(2)12-14-23)21-20(18)11-13-22(21)15-17-7-5-4-6-8-17/h4-11,13,16,23H,3,12,14-15H2,1-2H3. The Bertz CT molecular complexity index is 773. The molecule has 23 heavy (non-hydrogen) atoms. The third kappa shape index (κ3) is 3.18. The Morgan fingerprint density at radius 3 is 2.52 bits per heavy atom. The summed E-state index contributed by atoms with van der Waals surface area (Å²) in [7, 11) is 0. The Labute approximate surface area is 138 Å². The number of hydrogen-bond donors (Lipinski definition) is 1. The number of aliphatic hydroxyl groups excluding tert-OH is 1. The van der Waals surface area contributed by atoms with E-state index in [4.69, 9.17) is 0 Å². The predicted octanol–water partition coefficient (Wildman–Crippen LogP) is 4.74. The molecule has 0 spiro atoms. The van der Waals surface area contributed by atoms with E-state index in [-0.39, 0.29) is 6.61 Å². The maximum atomic E-state index is 9.32. The summed E-state index contributed by atoms with van der Waals surface area (Å²) in [5.74, 6) is 0.359. The minimum Gasteiger partial charge on any atom is -0.396 e. The molecular formula is C21H25NO. The second kappa shape index (κ2) is 7.01. The Kier molecular flexibility index (Phi) is 4.82. The Balaban J connectivity index is 2.11. The molecule has 1 aromatic heterocycles. The summed E-state index contributed by atoms with van der Waals surface area (Å²) >= 11 is 0. The molecule has 0 amide bonds. The third-order valence-corrected chi connectivity index (χ3v) is 4.72. The average Bonchev–Trinajstić information content (AvgIpc) is 2.99. The van der Waals surface area contributed by atoms with Crippen LogP contribution < -0.4 is 0 Å². The molecule has 1 heterocycles. The van der Waals surface area contributed by atoms with Crippen LogP contribution in [0.2, 0.25) is 0 Å². The highest BCUT2D eigenvalue weighted by Crippen LogP contribution is 2.31. The molecule has 2 heteroatoms. The van der Waals surface area contributed by atoms with E-state index in [9.17, 15) is 5.11 Å². The highest BCUT2D eigenvalue weighted by molar-refractivity contribution is 5.87. The fourth-order valence-electron chi connectivity index (χ4n) is 3.38. The molecule has 0 fully saturated rings. The maximum absolute atomic E-state index is 9.32. The molecule has 3 aromatic rings. The van der Waals surface area contributed by atoms with Crippen LogP contribution in [0.25, 0.3) is 10.9 Å². The third-order valence-electron chi connectivity index (χ3n) is 4.72. The van der Waals surface area contributed by atoms with Gasteiger partial charge in [0.1, 0.15) is 0 Å². The van der Waals surface area contributed by atoms with Gasteiger partial charge in [-0.2, -0.15) is 0 Å². The van der Waals surface area contributed by atoms with Gasteiger partial charge in [-0.1, -0.05) is 56.3 Å². The van der Waals surface area contributed by atoms with Gasteiger partial charge in [0.05, 0.1) is 5.52 Å². The number of aromatic nitrogens is 1. The second-order valence-electron chi connectivity index (χ2n) is 6.27. The molecule has 0 aliphatic rings. The maximum Gasteiger partial charge on any atom is 0.0521 e. The lowest BCUT2D eigenvalue weighted by molar-refractivity contribution is 0.279. The summed E-state index contributed by atoms with van der Waals surface area (Å²) in [5, 5.41) is 10.7. The van der Waals surface area contributed by atoms with E-state index < -0.39 is 0 Å². The zero-order valence-corrected chi connectivity index (χ0v) is 14.0. The summed E-state index contributed by atoms with van der Waals surface area (Å²) in [6.45, 7) is 5.53. The van der Waals surface area contributed by atoms with Crippen molar-refractivity contribution in [2.24, 2.45) is 0 Å². The summed E-state index contributed by atoms with van der Waals surface area (Å²) in [6.07, 6.45) is 4.05. The first-order valence-electron chi connectivity index (χ1n) is 8.50. The van der Waals surface area contributed by atoms with Crippen LogP contribution in [0.1, 0.15) is 42.9 Å². The Morgan fingerprint density at radius 2 is 1.83 bits per heavy atom. The van der Waals surface area contributed by atoms with Crippen LogP contribution in [0.4, 0.5) is 0 Å². The van der Waals surface area contributed by atoms with Crippen LogP contribution >= 0.6 is 0 Å². The highest BCUT2D eigenvalue weighted by Gasteiger charge is 2.15. The smallest absolute Gasteiger partial charge is 0.0521 e. The van der Waals surface area contributed by atoms with Crippen LogP contribution in [0, 0.1) is 0 Å². The van der Waals surface area contributed by atoms with Crippen LogP contribution in [0.15, 0.2) is 54.7 Å². The van der Waals surface area contributed by atoms with Crippen LogP contribution in [0.3, 0.4) is 0 Å². The van der Waals surface area contributed by atoms with Gasteiger partial charge in [-0.25, -0.2) is 0 Å². The Hall–Kier alpha value is -2.06. The zero-order valence-electron chi connectivity index (χ0n) is 14.0. The van der Waals surface area contributed by atoms with Gasteiger partial charge in [0.15, 0.2) is 0 Å². The number of aliphatic hydroxyl groups is 1. The zero-order chi connectivity index (χ0) is 16.2. The van der Waals surface area contributed by atoms with E-state index in [1.807, 2.05) is 0 Å². The van der Waals surface area contributed by atoms with Crippen molar-refractivity contribution in [1.82, 2.24) is 4.57 Å². The minimum absolute atomic E-state index is 0.234. The molecule has 0 radical (unpaired) electrons. The van der Waals surface area contributed by atoms with Gasteiger partial charge in [-0.05, 0) is 41.5 Å². The van der Waals surface area contributed by atoms with Crippen molar-refractivity contribution in [2.75, 3.05) is 6.61 Å². The first-order chi connectivity index (χ1) is 11.2.